The van der Waals surface area contributed by atoms with Gasteiger partial charge < -0.3 is 5.11 Å². The van der Waals surface area contributed by atoms with Gasteiger partial charge in [-0.25, -0.2) is 8.42 Å². The van der Waals surface area contributed by atoms with Crippen LogP contribution in [0, 0.1) is 6.92 Å². The molecule has 1 unspecified atom stereocenters. The van der Waals surface area contributed by atoms with Crippen LogP contribution in [0.3, 0.4) is 0 Å². The average Bonchev–Trinajstić information content (AvgIpc) is 2.39. The maximum absolute atomic E-state index is 12.3. The van der Waals surface area contributed by atoms with Gasteiger partial charge in [0, 0.05) is 4.91 Å². The third-order valence-corrected chi connectivity index (χ3v) is 4.90. The van der Waals surface area contributed by atoms with E-state index in [1.165, 1.54) is 12.1 Å². The Kier molecular flexibility index (Phi) is 6.01. The highest BCUT2D eigenvalue weighted by molar-refractivity contribution is 7.92. The second kappa shape index (κ2) is 7.28. The number of sulfone groups is 1. The molecule has 7 heteroatoms. The lowest BCUT2D eigenvalue weighted by atomic mass is 10.2. The van der Waals surface area contributed by atoms with Gasteiger partial charge in [0.05, 0.1) is 10.6 Å². The Morgan fingerprint density at radius 1 is 1.40 bits per heavy atom. The first kappa shape index (κ1) is 16.5. The summed E-state index contributed by atoms with van der Waals surface area (Å²) in [5, 5.41) is 13.3. The van der Waals surface area contributed by atoms with Crippen LogP contribution in [0.5, 0.6) is 0 Å². The quantitative estimate of drug-likeness (QED) is 0.360. The van der Waals surface area contributed by atoms with E-state index < -0.39 is 15.3 Å². The molecule has 110 valence electrons. The molecule has 0 heterocycles. The van der Waals surface area contributed by atoms with E-state index in [9.17, 15) is 13.5 Å². The topological polar surface area (TPSA) is 103 Å². The van der Waals surface area contributed by atoms with Gasteiger partial charge in [-0.05, 0) is 37.4 Å². The number of aryl methyl sites for hydroxylation is 1. The fourth-order valence-corrected chi connectivity index (χ4v) is 3.28. The number of aliphatic hydroxyl groups is 1. The normalized spacial score (nSPS) is 12.8. The van der Waals surface area contributed by atoms with Gasteiger partial charge in [-0.2, -0.15) is 0 Å². The number of nitrogens with zero attached hydrogens (tertiary/aromatic N) is 3. The van der Waals surface area contributed by atoms with E-state index in [4.69, 9.17) is 5.53 Å². The summed E-state index contributed by atoms with van der Waals surface area (Å²) in [5.74, 6) is 0. The molecule has 0 aliphatic carbocycles. The van der Waals surface area contributed by atoms with Crippen LogP contribution in [0.1, 0.15) is 38.2 Å². The van der Waals surface area contributed by atoms with Crippen LogP contribution in [0.4, 0.5) is 5.69 Å². The van der Waals surface area contributed by atoms with Gasteiger partial charge in [0.2, 0.25) is 9.84 Å². The Balaban J connectivity index is 3.11. The van der Waals surface area contributed by atoms with Crippen LogP contribution in [0.15, 0.2) is 28.2 Å². The van der Waals surface area contributed by atoms with Crippen LogP contribution < -0.4 is 0 Å². The van der Waals surface area contributed by atoms with E-state index in [-0.39, 0.29) is 17.0 Å². The SMILES string of the molecule is CCCCCC(O)S(=O)(=O)c1ccc(C)cc1N=[N+]=[N-]. The zero-order valence-electron chi connectivity index (χ0n) is 11.7. The van der Waals surface area contributed by atoms with E-state index in [0.29, 0.717) is 6.42 Å². The summed E-state index contributed by atoms with van der Waals surface area (Å²) in [7, 11) is -3.90. The first-order chi connectivity index (χ1) is 9.43. The molecule has 0 saturated carbocycles. The Morgan fingerprint density at radius 3 is 2.70 bits per heavy atom. The molecule has 1 N–H and O–H groups in total. The molecule has 1 aromatic carbocycles. The van der Waals surface area contributed by atoms with Gasteiger partial charge in [-0.1, -0.05) is 36.5 Å². The molecule has 0 radical (unpaired) electrons. The van der Waals surface area contributed by atoms with Crippen molar-refractivity contribution < 1.29 is 13.5 Å². The highest BCUT2D eigenvalue weighted by atomic mass is 32.2. The molecule has 0 bridgehead atoms. The van der Waals surface area contributed by atoms with Crippen LogP contribution >= 0.6 is 0 Å². The zero-order chi connectivity index (χ0) is 15.2. The monoisotopic (exact) mass is 297 g/mol. The number of aliphatic hydroxyl groups excluding tert-OH is 1. The lowest BCUT2D eigenvalue weighted by Gasteiger charge is -2.14. The summed E-state index contributed by atoms with van der Waals surface area (Å²) in [5.41, 5.74) is 7.86. The average molecular weight is 297 g/mol. The molecule has 1 aromatic rings. The third-order valence-electron chi connectivity index (χ3n) is 2.99. The van der Waals surface area contributed by atoms with Crippen molar-refractivity contribution in [2.75, 3.05) is 0 Å². The molecule has 0 saturated heterocycles. The van der Waals surface area contributed by atoms with Crippen molar-refractivity contribution in [3.63, 3.8) is 0 Å². The molecule has 0 aliphatic rings. The Labute approximate surface area is 119 Å². The molecule has 1 rings (SSSR count). The molecule has 20 heavy (non-hydrogen) atoms. The highest BCUT2D eigenvalue weighted by Gasteiger charge is 2.27. The second-order valence-corrected chi connectivity index (χ2v) is 6.73. The van der Waals surface area contributed by atoms with E-state index >= 15 is 0 Å². The largest absolute Gasteiger partial charge is 0.377 e. The van der Waals surface area contributed by atoms with Gasteiger partial charge in [0.25, 0.3) is 0 Å². The lowest BCUT2D eigenvalue weighted by molar-refractivity contribution is 0.234. The molecule has 0 aromatic heterocycles. The number of rotatable bonds is 7. The van der Waals surface area contributed by atoms with Crippen molar-refractivity contribution >= 4 is 15.5 Å². The van der Waals surface area contributed by atoms with Gasteiger partial charge >= 0.3 is 0 Å². The van der Waals surface area contributed by atoms with Gasteiger partial charge in [0.15, 0.2) is 5.44 Å². The van der Waals surface area contributed by atoms with Gasteiger partial charge in [0.1, 0.15) is 0 Å². The highest BCUT2D eigenvalue weighted by Crippen LogP contribution is 2.29. The molecule has 6 nitrogen and oxygen atoms in total. The van der Waals surface area contributed by atoms with Crippen LogP contribution in [0.2, 0.25) is 0 Å². The molecular weight excluding hydrogens is 278 g/mol. The van der Waals surface area contributed by atoms with Crippen LogP contribution in [-0.4, -0.2) is 19.0 Å². The molecule has 0 aliphatic heterocycles. The van der Waals surface area contributed by atoms with E-state index in [1.807, 2.05) is 6.92 Å². The van der Waals surface area contributed by atoms with Gasteiger partial charge in [-0.15, -0.1) is 0 Å². The number of benzene rings is 1. The third kappa shape index (κ3) is 3.96. The predicted octanol–water partition coefficient (Wildman–Crippen LogP) is 3.61. The minimum atomic E-state index is -3.90. The van der Waals surface area contributed by atoms with Gasteiger partial charge in [-0.3, -0.25) is 0 Å². The summed E-state index contributed by atoms with van der Waals surface area (Å²) in [6.45, 7) is 3.77. The number of hydrogen-bond donors (Lipinski definition) is 1. The van der Waals surface area contributed by atoms with Crippen molar-refractivity contribution in [2.24, 2.45) is 5.11 Å². The first-order valence-electron chi connectivity index (χ1n) is 6.51. The Hall–Kier alpha value is -1.56. The molecule has 0 amide bonds. The number of unbranched alkanes of at least 4 members (excludes halogenated alkanes) is 2. The maximum Gasteiger partial charge on any atom is 0.205 e. The summed E-state index contributed by atoms with van der Waals surface area (Å²) >= 11 is 0. The maximum atomic E-state index is 12.3. The molecule has 0 fully saturated rings. The zero-order valence-corrected chi connectivity index (χ0v) is 12.5. The summed E-state index contributed by atoms with van der Waals surface area (Å²) < 4.78 is 24.6. The standard InChI is InChI=1S/C13H19N3O3S/c1-3-4-5-6-13(17)20(18,19)12-8-7-10(2)9-11(12)15-16-14/h7-9,13,17H,3-6H2,1-2H3. The fourth-order valence-electron chi connectivity index (χ4n) is 1.86. The van der Waals surface area contributed by atoms with Crippen LogP contribution in [0.25, 0.3) is 10.4 Å². The number of hydrogen-bond acceptors (Lipinski definition) is 4. The summed E-state index contributed by atoms with van der Waals surface area (Å²) in [4.78, 5) is 2.51. The van der Waals surface area contributed by atoms with E-state index in [1.54, 1.807) is 13.0 Å². The van der Waals surface area contributed by atoms with Crippen molar-refractivity contribution in [1.82, 2.24) is 0 Å². The second-order valence-electron chi connectivity index (χ2n) is 4.66. The van der Waals surface area contributed by atoms with Crippen molar-refractivity contribution in [3.8, 4) is 0 Å². The first-order valence-corrected chi connectivity index (χ1v) is 8.05. The summed E-state index contributed by atoms with van der Waals surface area (Å²) in [6, 6.07) is 4.48. The molecule has 0 spiro atoms. The van der Waals surface area contributed by atoms with Crippen molar-refractivity contribution in [3.05, 3.63) is 34.2 Å². The van der Waals surface area contributed by atoms with E-state index in [2.05, 4.69) is 10.0 Å². The lowest BCUT2D eigenvalue weighted by Crippen LogP contribution is -2.21. The van der Waals surface area contributed by atoms with E-state index in [0.717, 1.165) is 18.4 Å². The fraction of sp³-hybridized carbons (Fsp3) is 0.538. The molecule has 1 atom stereocenters. The summed E-state index contributed by atoms with van der Waals surface area (Å²) in [6.07, 6.45) is 2.63. The minimum Gasteiger partial charge on any atom is -0.377 e. The van der Waals surface area contributed by atoms with Crippen molar-refractivity contribution in [1.29, 1.82) is 0 Å². The van der Waals surface area contributed by atoms with Crippen molar-refractivity contribution in [2.45, 2.75) is 49.9 Å². The predicted molar refractivity (Wildman–Crippen MR) is 77.3 cm³/mol. The van der Waals surface area contributed by atoms with Crippen LogP contribution in [-0.2, 0) is 9.84 Å². The minimum absolute atomic E-state index is 0.0297. The Morgan fingerprint density at radius 2 is 2.10 bits per heavy atom. The molecular formula is C13H19N3O3S. The smallest absolute Gasteiger partial charge is 0.205 e. The Bertz CT molecular complexity index is 607. The number of azide groups is 1.